The number of hydrogen-bond acceptors (Lipinski definition) is 5. The topological polar surface area (TPSA) is 67.8 Å². The SMILES string of the molecule is CN1CCNCC1.O=C(O)c1ccc(CN2CCNCC2)cc1. The van der Waals surface area contributed by atoms with Gasteiger partial charge in [-0.05, 0) is 24.7 Å². The molecule has 0 spiro atoms. The molecule has 0 bridgehead atoms. The molecule has 128 valence electrons. The van der Waals surface area contributed by atoms with Gasteiger partial charge in [0.25, 0.3) is 0 Å². The van der Waals surface area contributed by atoms with Crippen LogP contribution in [0.3, 0.4) is 0 Å². The van der Waals surface area contributed by atoms with Gasteiger partial charge in [0, 0.05) is 58.9 Å². The molecule has 2 fully saturated rings. The second-order valence-electron chi connectivity index (χ2n) is 6.08. The van der Waals surface area contributed by atoms with E-state index >= 15 is 0 Å². The quantitative estimate of drug-likeness (QED) is 0.745. The molecule has 3 rings (SSSR count). The third-order valence-corrected chi connectivity index (χ3v) is 4.16. The Morgan fingerprint density at radius 1 is 1.00 bits per heavy atom. The monoisotopic (exact) mass is 320 g/mol. The van der Waals surface area contributed by atoms with Crippen molar-refractivity contribution in [1.82, 2.24) is 20.4 Å². The first kappa shape index (κ1) is 17.9. The lowest BCUT2D eigenvalue weighted by Gasteiger charge is -2.27. The standard InChI is InChI=1S/C12H16N2O2.C5H12N2/c15-12(16)11-3-1-10(2-4-11)9-14-7-5-13-6-8-14;1-7-4-2-6-3-5-7/h1-4,13H,5-9H2,(H,15,16);6H,2-5H2,1H3. The molecule has 0 radical (unpaired) electrons. The summed E-state index contributed by atoms with van der Waals surface area (Å²) in [6, 6.07) is 7.12. The van der Waals surface area contributed by atoms with Crippen LogP contribution >= 0.6 is 0 Å². The van der Waals surface area contributed by atoms with Gasteiger partial charge in [-0.15, -0.1) is 0 Å². The molecule has 2 heterocycles. The molecule has 0 aliphatic carbocycles. The van der Waals surface area contributed by atoms with Crippen molar-refractivity contribution in [1.29, 1.82) is 0 Å². The molecule has 6 nitrogen and oxygen atoms in total. The van der Waals surface area contributed by atoms with E-state index in [4.69, 9.17) is 5.11 Å². The smallest absolute Gasteiger partial charge is 0.335 e. The minimum atomic E-state index is -0.867. The van der Waals surface area contributed by atoms with Crippen LogP contribution < -0.4 is 10.6 Å². The summed E-state index contributed by atoms with van der Waals surface area (Å²) in [4.78, 5) is 15.4. The average molecular weight is 320 g/mol. The Morgan fingerprint density at radius 2 is 1.52 bits per heavy atom. The number of piperazine rings is 2. The highest BCUT2D eigenvalue weighted by molar-refractivity contribution is 5.87. The minimum absolute atomic E-state index is 0.351. The molecule has 2 aliphatic heterocycles. The van der Waals surface area contributed by atoms with Gasteiger partial charge in [0.15, 0.2) is 0 Å². The lowest BCUT2D eigenvalue weighted by Crippen LogP contribution is -2.42. The normalized spacial score (nSPS) is 19.7. The predicted molar refractivity (Wildman–Crippen MR) is 91.9 cm³/mol. The number of nitrogens with zero attached hydrogens (tertiary/aromatic N) is 2. The van der Waals surface area contributed by atoms with Gasteiger partial charge in [0.05, 0.1) is 5.56 Å². The minimum Gasteiger partial charge on any atom is -0.478 e. The van der Waals surface area contributed by atoms with Crippen molar-refractivity contribution in [3.63, 3.8) is 0 Å². The van der Waals surface area contributed by atoms with E-state index in [-0.39, 0.29) is 0 Å². The molecular weight excluding hydrogens is 292 g/mol. The molecule has 0 amide bonds. The average Bonchev–Trinajstić information content (AvgIpc) is 2.57. The number of carboxylic acid groups (broad SMARTS) is 1. The third kappa shape index (κ3) is 6.66. The fourth-order valence-electron chi connectivity index (χ4n) is 2.66. The number of carboxylic acids is 1. The van der Waals surface area contributed by atoms with Crippen LogP contribution in [0.25, 0.3) is 0 Å². The molecular formula is C17H28N4O2. The molecule has 23 heavy (non-hydrogen) atoms. The Hall–Kier alpha value is -1.47. The summed E-state index contributed by atoms with van der Waals surface area (Å²) in [6.07, 6.45) is 0. The van der Waals surface area contributed by atoms with Gasteiger partial charge in [0.1, 0.15) is 0 Å². The first-order chi connectivity index (χ1) is 11.1. The lowest BCUT2D eigenvalue weighted by molar-refractivity contribution is 0.0697. The summed E-state index contributed by atoms with van der Waals surface area (Å²) in [5.74, 6) is -0.867. The summed E-state index contributed by atoms with van der Waals surface area (Å²) >= 11 is 0. The van der Waals surface area contributed by atoms with Crippen molar-refractivity contribution < 1.29 is 9.90 Å². The fourth-order valence-corrected chi connectivity index (χ4v) is 2.66. The van der Waals surface area contributed by atoms with Crippen LogP contribution in [0.4, 0.5) is 0 Å². The van der Waals surface area contributed by atoms with E-state index < -0.39 is 5.97 Å². The molecule has 0 unspecified atom stereocenters. The largest absolute Gasteiger partial charge is 0.478 e. The first-order valence-corrected chi connectivity index (χ1v) is 8.30. The highest BCUT2D eigenvalue weighted by Gasteiger charge is 2.10. The number of rotatable bonds is 3. The van der Waals surface area contributed by atoms with Crippen molar-refractivity contribution in [2.24, 2.45) is 0 Å². The third-order valence-electron chi connectivity index (χ3n) is 4.16. The lowest BCUT2D eigenvalue weighted by atomic mass is 10.1. The number of likely N-dealkylation sites (N-methyl/N-ethyl adjacent to an activating group) is 1. The number of nitrogens with one attached hydrogen (secondary N) is 2. The Kier molecular flexibility index (Phi) is 7.48. The first-order valence-electron chi connectivity index (χ1n) is 8.30. The maximum Gasteiger partial charge on any atom is 0.335 e. The van der Waals surface area contributed by atoms with E-state index in [2.05, 4.69) is 27.5 Å². The molecule has 0 saturated carbocycles. The van der Waals surface area contributed by atoms with E-state index in [0.717, 1.165) is 45.8 Å². The maximum absolute atomic E-state index is 10.7. The summed E-state index contributed by atoms with van der Waals surface area (Å²) < 4.78 is 0. The second kappa shape index (κ2) is 9.62. The number of carbonyl (C=O) groups is 1. The fraction of sp³-hybridized carbons (Fsp3) is 0.588. The van der Waals surface area contributed by atoms with Gasteiger partial charge in [-0.25, -0.2) is 4.79 Å². The highest BCUT2D eigenvalue weighted by Crippen LogP contribution is 2.08. The summed E-state index contributed by atoms with van der Waals surface area (Å²) in [5.41, 5.74) is 1.52. The summed E-state index contributed by atoms with van der Waals surface area (Å²) in [6.45, 7) is 9.83. The zero-order chi connectivity index (χ0) is 16.5. The van der Waals surface area contributed by atoms with Crippen molar-refractivity contribution in [2.75, 3.05) is 59.4 Å². The van der Waals surface area contributed by atoms with Crippen LogP contribution in [0.1, 0.15) is 15.9 Å². The van der Waals surface area contributed by atoms with Crippen LogP contribution in [0.2, 0.25) is 0 Å². The van der Waals surface area contributed by atoms with E-state index in [9.17, 15) is 4.79 Å². The van der Waals surface area contributed by atoms with Gasteiger partial charge in [-0.3, -0.25) is 4.90 Å². The Morgan fingerprint density at radius 3 is 1.96 bits per heavy atom. The highest BCUT2D eigenvalue weighted by atomic mass is 16.4. The van der Waals surface area contributed by atoms with Gasteiger partial charge in [0.2, 0.25) is 0 Å². The van der Waals surface area contributed by atoms with Gasteiger partial charge < -0.3 is 20.6 Å². The van der Waals surface area contributed by atoms with Crippen molar-refractivity contribution in [2.45, 2.75) is 6.54 Å². The Balaban J connectivity index is 0.000000229. The molecule has 0 aromatic heterocycles. The molecule has 1 aromatic rings. The van der Waals surface area contributed by atoms with Crippen molar-refractivity contribution >= 4 is 5.97 Å². The molecule has 3 N–H and O–H groups in total. The maximum atomic E-state index is 10.7. The Bertz CT molecular complexity index is 466. The molecule has 6 heteroatoms. The summed E-state index contributed by atoms with van der Waals surface area (Å²) in [7, 11) is 2.15. The van der Waals surface area contributed by atoms with Crippen LogP contribution in [0, 0.1) is 0 Å². The van der Waals surface area contributed by atoms with Crippen molar-refractivity contribution in [3.8, 4) is 0 Å². The zero-order valence-electron chi connectivity index (χ0n) is 13.9. The molecule has 2 saturated heterocycles. The van der Waals surface area contributed by atoms with E-state index in [1.54, 1.807) is 12.1 Å². The van der Waals surface area contributed by atoms with Gasteiger partial charge in [-0.2, -0.15) is 0 Å². The number of hydrogen-bond donors (Lipinski definition) is 3. The van der Waals surface area contributed by atoms with Gasteiger partial charge >= 0.3 is 5.97 Å². The second-order valence-corrected chi connectivity index (χ2v) is 6.08. The Labute approximate surface area is 138 Å². The summed E-state index contributed by atoms with van der Waals surface area (Å²) in [5, 5.41) is 15.4. The number of benzene rings is 1. The van der Waals surface area contributed by atoms with Crippen molar-refractivity contribution in [3.05, 3.63) is 35.4 Å². The predicted octanol–water partition coefficient (Wildman–Crippen LogP) is 0.311. The molecule has 1 aromatic carbocycles. The van der Waals surface area contributed by atoms with E-state index in [0.29, 0.717) is 5.56 Å². The molecule has 2 aliphatic rings. The van der Waals surface area contributed by atoms with E-state index in [1.165, 1.54) is 18.7 Å². The van der Waals surface area contributed by atoms with Crippen LogP contribution in [0.15, 0.2) is 24.3 Å². The van der Waals surface area contributed by atoms with E-state index in [1.807, 2.05) is 12.1 Å². The molecule has 0 atom stereocenters. The van der Waals surface area contributed by atoms with Crippen LogP contribution in [0.5, 0.6) is 0 Å². The van der Waals surface area contributed by atoms with Crippen LogP contribution in [-0.2, 0) is 6.54 Å². The van der Waals surface area contributed by atoms with Gasteiger partial charge in [-0.1, -0.05) is 12.1 Å². The zero-order valence-corrected chi connectivity index (χ0v) is 13.9. The van der Waals surface area contributed by atoms with Crippen LogP contribution in [-0.4, -0.2) is 80.3 Å². The number of aromatic carboxylic acids is 1.